The Morgan fingerprint density at radius 2 is 1.83 bits per heavy atom. The van der Waals surface area contributed by atoms with Gasteiger partial charge in [-0.1, -0.05) is 29.5 Å². The van der Waals surface area contributed by atoms with E-state index in [-0.39, 0.29) is 18.4 Å². The molecule has 9 nitrogen and oxygen atoms in total. The molecule has 0 amide bonds. The highest BCUT2D eigenvalue weighted by Gasteiger charge is 2.14. The van der Waals surface area contributed by atoms with Crippen LogP contribution < -0.4 is 0 Å². The average Bonchev–Trinajstić information content (AvgIpc) is 3.54. The smallest absolute Gasteiger partial charge is 0.338 e. The number of carbonyl (C=O) groups excluding carboxylic acids is 1. The molecule has 3 aromatic heterocycles. The molecule has 0 aliphatic rings. The Morgan fingerprint density at radius 3 is 2.67 bits per heavy atom. The second kappa shape index (κ2) is 7.63. The number of furan rings is 1. The molecule has 9 heteroatoms. The van der Waals surface area contributed by atoms with Crippen LogP contribution in [-0.2, 0) is 17.9 Å². The molecule has 3 heterocycles. The Morgan fingerprint density at radius 1 is 0.967 bits per heavy atom. The van der Waals surface area contributed by atoms with Crippen molar-refractivity contribution in [1.29, 1.82) is 0 Å². The fourth-order valence-electron chi connectivity index (χ4n) is 2.98. The Labute approximate surface area is 169 Å². The fraction of sp³-hybridized carbons (Fsp3) is 0.0952. The molecular formula is C21H15N5O4. The van der Waals surface area contributed by atoms with E-state index < -0.39 is 5.97 Å². The monoisotopic (exact) mass is 401 g/mol. The summed E-state index contributed by atoms with van der Waals surface area (Å²) >= 11 is 0. The Kier molecular flexibility index (Phi) is 4.53. The van der Waals surface area contributed by atoms with Crippen LogP contribution in [0.1, 0.15) is 21.8 Å². The first kappa shape index (κ1) is 17.8. The van der Waals surface area contributed by atoms with Crippen molar-refractivity contribution in [3.8, 4) is 11.7 Å². The summed E-state index contributed by atoms with van der Waals surface area (Å²) in [5, 5.41) is 16.0. The van der Waals surface area contributed by atoms with E-state index >= 15 is 0 Å². The first-order chi connectivity index (χ1) is 14.8. The number of benzene rings is 2. The van der Waals surface area contributed by atoms with Crippen molar-refractivity contribution in [2.75, 3.05) is 0 Å². The summed E-state index contributed by atoms with van der Waals surface area (Å²) in [6.45, 7) is 0.423. The average molecular weight is 401 g/mol. The van der Waals surface area contributed by atoms with E-state index in [4.69, 9.17) is 13.6 Å². The number of carbonyl (C=O) groups is 1. The van der Waals surface area contributed by atoms with E-state index in [1.165, 1.54) is 6.26 Å². The van der Waals surface area contributed by atoms with Gasteiger partial charge in [-0.15, -0.1) is 15.3 Å². The van der Waals surface area contributed by atoms with E-state index in [2.05, 4.69) is 20.5 Å². The Balaban J connectivity index is 1.21. The summed E-state index contributed by atoms with van der Waals surface area (Å²) in [6, 6.07) is 18.3. The number of esters is 1. The molecule has 0 saturated heterocycles. The Hall–Kier alpha value is -4.27. The maximum Gasteiger partial charge on any atom is 0.338 e. The lowest BCUT2D eigenvalue weighted by molar-refractivity contribution is 0.0438. The van der Waals surface area contributed by atoms with Crippen LogP contribution in [0.2, 0.25) is 0 Å². The van der Waals surface area contributed by atoms with Gasteiger partial charge in [0.05, 0.1) is 23.9 Å². The number of hydrogen-bond donors (Lipinski definition) is 0. The van der Waals surface area contributed by atoms with Crippen LogP contribution in [0.3, 0.4) is 0 Å². The predicted molar refractivity (Wildman–Crippen MR) is 104 cm³/mol. The van der Waals surface area contributed by atoms with Crippen molar-refractivity contribution in [3.05, 3.63) is 83.9 Å². The lowest BCUT2D eigenvalue weighted by Gasteiger charge is -2.05. The number of ether oxygens (including phenoxy) is 1. The number of rotatable bonds is 6. The molecule has 0 spiro atoms. The quantitative estimate of drug-likeness (QED) is 0.398. The van der Waals surface area contributed by atoms with Crippen molar-refractivity contribution >= 4 is 17.0 Å². The predicted octanol–water partition coefficient (Wildman–Crippen LogP) is 3.48. The third-order valence-electron chi connectivity index (χ3n) is 4.47. The molecule has 0 unspecified atom stereocenters. The number of para-hydroxylation sites is 1. The Bertz CT molecular complexity index is 1290. The SMILES string of the molecule is O=C(OCc1nnc(-c2ccco2)o1)c1ccc(Cn2nnc3ccccc32)cc1. The summed E-state index contributed by atoms with van der Waals surface area (Å²) in [6.07, 6.45) is 1.51. The fourth-order valence-corrected chi connectivity index (χ4v) is 2.98. The van der Waals surface area contributed by atoms with Crippen LogP contribution >= 0.6 is 0 Å². The van der Waals surface area contributed by atoms with Gasteiger partial charge in [-0.25, -0.2) is 9.48 Å². The highest BCUT2D eigenvalue weighted by Crippen LogP contribution is 2.18. The number of nitrogens with zero attached hydrogens (tertiary/aromatic N) is 5. The first-order valence-corrected chi connectivity index (χ1v) is 9.17. The maximum atomic E-state index is 12.3. The zero-order chi connectivity index (χ0) is 20.3. The van der Waals surface area contributed by atoms with Gasteiger partial charge in [0.1, 0.15) is 5.52 Å². The van der Waals surface area contributed by atoms with Crippen molar-refractivity contribution in [2.45, 2.75) is 13.2 Å². The summed E-state index contributed by atoms with van der Waals surface area (Å²) in [4.78, 5) is 12.3. The molecule has 0 fully saturated rings. The van der Waals surface area contributed by atoms with Gasteiger partial charge < -0.3 is 13.6 Å². The van der Waals surface area contributed by atoms with Crippen molar-refractivity contribution < 1.29 is 18.4 Å². The molecule has 30 heavy (non-hydrogen) atoms. The van der Waals surface area contributed by atoms with Crippen LogP contribution in [0, 0.1) is 0 Å². The van der Waals surface area contributed by atoms with Crippen LogP contribution in [0.15, 0.2) is 75.8 Å². The molecule has 0 atom stereocenters. The molecule has 0 N–H and O–H groups in total. The van der Waals surface area contributed by atoms with Crippen molar-refractivity contribution in [3.63, 3.8) is 0 Å². The minimum Gasteiger partial charge on any atom is -0.459 e. The maximum absolute atomic E-state index is 12.3. The van der Waals surface area contributed by atoms with Gasteiger partial charge in [-0.3, -0.25) is 0 Å². The third kappa shape index (κ3) is 3.55. The minimum atomic E-state index is -0.481. The van der Waals surface area contributed by atoms with E-state index in [0.29, 0.717) is 17.9 Å². The third-order valence-corrected chi connectivity index (χ3v) is 4.47. The van der Waals surface area contributed by atoms with Gasteiger partial charge in [-0.05, 0) is 42.0 Å². The molecule has 5 rings (SSSR count). The van der Waals surface area contributed by atoms with E-state index in [9.17, 15) is 4.79 Å². The van der Waals surface area contributed by atoms with Crippen molar-refractivity contribution in [2.24, 2.45) is 0 Å². The molecule has 5 aromatic rings. The van der Waals surface area contributed by atoms with E-state index in [1.54, 1.807) is 24.3 Å². The molecule has 0 saturated carbocycles. The molecule has 0 aliphatic heterocycles. The van der Waals surface area contributed by atoms with Gasteiger partial charge in [-0.2, -0.15) is 0 Å². The highest BCUT2D eigenvalue weighted by molar-refractivity contribution is 5.89. The van der Waals surface area contributed by atoms with Crippen LogP contribution in [-0.4, -0.2) is 31.2 Å². The number of aromatic nitrogens is 5. The lowest BCUT2D eigenvalue weighted by Crippen LogP contribution is -2.06. The molecule has 0 radical (unpaired) electrons. The topological polar surface area (TPSA) is 109 Å². The van der Waals surface area contributed by atoms with Gasteiger partial charge in [0.15, 0.2) is 12.4 Å². The second-order valence-corrected chi connectivity index (χ2v) is 6.49. The summed E-state index contributed by atoms with van der Waals surface area (Å²) in [5.41, 5.74) is 3.21. The van der Waals surface area contributed by atoms with E-state index in [1.807, 2.05) is 41.1 Å². The number of hydrogen-bond acceptors (Lipinski definition) is 8. The summed E-state index contributed by atoms with van der Waals surface area (Å²) in [7, 11) is 0. The summed E-state index contributed by atoms with van der Waals surface area (Å²) < 4.78 is 17.7. The molecule has 2 aromatic carbocycles. The van der Waals surface area contributed by atoms with Gasteiger partial charge in [0, 0.05) is 0 Å². The lowest BCUT2D eigenvalue weighted by atomic mass is 10.1. The van der Waals surface area contributed by atoms with Gasteiger partial charge >= 0.3 is 5.97 Å². The second-order valence-electron chi connectivity index (χ2n) is 6.49. The summed E-state index contributed by atoms with van der Waals surface area (Å²) in [5.74, 6) is 0.391. The van der Waals surface area contributed by atoms with Crippen LogP contribution in [0.5, 0.6) is 0 Å². The molecule has 0 aliphatic carbocycles. The molecular weight excluding hydrogens is 386 g/mol. The molecule has 0 bridgehead atoms. The van der Waals surface area contributed by atoms with Crippen LogP contribution in [0.4, 0.5) is 0 Å². The largest absolute Gasteiger partial charge is 0.459 e. The zero-order valence-electron chi connectivity index (χ0n) is 15.6. The highest BCUT2D eigenvalue weighted by atomic mass is 16.5. The zero-order valence-corrected chi connectivity index (χ0v) is 15.6. The van der Waals surface area contributed by atoms with Gasteiger partial charge in [0.2, 0.25) is 0 Å². The first-order valence-electron chi connectivity index (χ1n) is 9.17. The molecule has 148 valence electrons. The minimum absolute atomic E-state index is 0.126. The van der Waals surface area contributed by atoms with Crippen molar-refractivity contribution in [1.82, 2.24) is 25.2 Å². The normalized spacial score (nSPS) is 11.1. The van der Waals surface area contributed by atoms with Crippen LogP contribution in [0.25, 0.3) is 22.7 Å². The number of fused-ring (bicyclic) bond motifs is 1. The van der Waals surface area contributed by atoms with E-state index in [0.717, 1.165) is 16.6 Å². The van der Waals surface area contributed by atoms with Gasteiger partial charge in [0.25, 0.3) is 11.8 Å². The standard InChI is InChI=1S/C21H15N5O4/c27-21(29-13-19-23-24-20(30-19)18-6-3-11-28-18)15-9-7-14(8-10-15)12-26-17-5-2-1-4-16(17)22-25-26/h1-11H,12-13H2.